The van der Waals surface area contributed by atoms with E-state index in [0.717, 1.165) is 55.8 Å². The van der Waals surface area contributed by atoms with Crippen LogP contribution in [0.3, 0.4) is 0 Å². The molecule has 0 atom stereocenters. The van der Waals surface area contributed by atoms with Crippen LogP contribution >= 0.6 is 0 Å². The summed E-state index contributed by atoms with van der Waals surface area (Å²) in [5.74, 6) is 1.66. The lowest BCUT2D eigenvalue weighted by molar-refractivity contribution is -0.137. The first-order valence-corrected chi connectivity index (χ1v) is 9.19. The normalized spacial score (nSPS) is 19.0. The molecule has 1 fully saturated rings. The third-order valence-corrected chi connectivity index (χ3v) is 5.22. The van der Waals surface area contributed by atoms with Crippen LogP contribution in [0.5, 0.6) is 5.75 Å². The Morgan fingerprint density at radius 2 is 2.04 bits per heavy atom. The first kappa shape index (κ1) is 17.8. The van der Waals surface area contributed by atoms with Crippen molar-refractivity contribution in [3.63, 3.8) is 0 Å². The molecular weight excluding hydrogens is 316 g/mol. The number of nitrogens with zero attached hydrogens (tertiary/aromatic N) is 2. The highest BCUT2D eigenvalue weighted by molar-refractivity contribution is 6.03. The molecule has 5 nitrogen and oxygen atoms in total. The first-order valence-electron chi connectivity index (χ1n) is 9.19. The molecule has 0 N–H and O–H groups in total. The highest BCUT2D eigenvalue weighted by Crippen LogP contribution is 2.37. The smallest absolute Gasteiger partial charge is 0.222 e. The zero-order chi connectivity index (χ0) is 17.9. The third kappa shape index (κ3) is 3.97. The van der Waals surface area contributed by atoms with Gasteiger partial charge in [0.05, 0.1) is 12.8 Å². The number of carbonyl (C=O) groups excluding carboxylic acids is 1. The molecule has 5 heteroatoms. The standard InChI is InChI=1S/C20H28N2O3/c1-15(2)8-9-19(23)22-12-10-20(11-13-22)14-17(21-25-20)16-6-4-5-7-18(16)24-3/h4-7,15H,8-14H2,1-3H3. The van der Waals surface area contributed by atoms with Crippen molar-refractivity contribution in [2.75, 3.05) is 20.2 Å². The summed E-state index contributed by atoms with van der Waals surface area (Å²) in [6.07, 6.45) is 4.05. The summed E-state index contributed by atoms with van der Waals surface area (Å²) in [4.78, 5) is 20.2. The van der Waals surface area contributed by atoms with E-state index in [0.29, 0.717) is 12.3 Å². The maximum atomic E-state index is 12.3. The van der Waals surface area contributed by atoms with E-state index >= 15 is 0 Å². The molecule has 2 aliphatic heterocycles. The predicted molar refractivity (Wildman–Crippen MR) is 97.9 cm³/mol. The Balaban J connectivity index is 1.58. The molecule has 1 spiro atoms. The summed E-state index contributed by atoms with van der Waals surface area (Å²) in [5.41, 5.74) is 1.68. The Labute approximate surface area is 150 Å². The summed E-state index contributed by atoms with van der Waals surface area (Å²) >= 11 is 0. The SMILES string of the molecule is COc1ccccc1C1=NOC2(CCN(C(=O)CCC(C)C)CC2)C1. The molecule has 2 aliphatic rings. The number of para-hydroxylation sites is 1. The van der Waals surface area contributed by atoms with E-state index in [-0.39, 0.29) is 11.5 Å². The molecule has 0 aliphatic carbocycles. The second kappa shape index (κ2) is 7.46. The summed E-state index contributed by atoms with van der Waals surface area (Å²) < 4.78 is 5.44. The van der Waals surface area contributed by atoms with Crippen molar-refractivity contribution in [1.82, 2.24) is 4.90 Å². The lowest BCUT2D eigenvalue weighted by Gasteiger charge is -2.37. The number of benzene rings is 1. The van der Waals surface area contributed by atoms with Crippen molar-refractivity contribution in [3.05, 3.63) is 29.8 Å². The fourth-order valence-corrected chi connectivity index (χ4v) is 3.55. The van der Waals surface area contributed by atoms with Gasteiger partial charge < -0.3 is 14.5 Å². The van der Waals surface area contributed by atoms with E-state index in [1.165, 1.54) is 0 Å². The molecule has 3 rings (SSSR count). The molecule has 0 bridgehead atoms. The van der Waals surface area contributed by atoms with Crippen LogP contribution in [0.2, 0.25) is 0 Å². The third-order valence-electron chi connectivity index (χ3n) is 5.22. The number of piperidine rings is 1. The van der Waals surface area contributed by atoms with E-state index in [2.05, 4.69) is 19.0 Å². The zero-order valence-corrected chi connectivity index (χ0v) is 15.5. The molecule has 1 saturated heterocycles. The predicted octanol–water partition coefficient (Wildman–Crippen LogP) is 3.62. The van der Waals surface area contributed by atoms with Gasteiger partial charge >= 0.3 is 0 Å². The van der Waals surface area contributed by atoms with Gasteiger partial charge in [0.2, 0.25) is 5.91 Å². The van der Waals surface area contributed by atoms with Crippen molar-refractivity contribution < 1.29 is 14.4 Å². The number of methoxy groups -OCH3 is 1. The van der Waals surface area contributed by atoms with Gasteiger partial charge in [-0.05, 0) is 24.5 Å². The molecule has 2 heterocycles. The molecule has 0 unspecified atom stereocenters. The van der Waals surface area contributed by atoms with Crippen LogP contribution in [-0.4, -0.2) is 42.3 Å². The Bertz CT molecular complexity index is 646. The van der Waals surface area contributed by atoms with Gasteiger partial charge in [0.25, 0.3) is 0 Å². The number of oxime groups is 1. The topological polar surface area (TPSA) is 51.1 Å². The quantitative estimate of drug-likeness (QED) is 0.820. The lowest BCUT2D eigenvalue weighted by Crippen LogP contribution is -2.46. The van der Waals surface area contributed by atoms with Crippen molar-refractivity contribution in [3.8, 4) is 5.75 Å². The first-order chi connectivity index (χ1) is 12.0. The Morgan fingerprint density at radius 1 is 1.32 bits per heavy atom. The van der Waals surface area contributed by atoms with Crippen LogP contribution in [0, 0.1) is 5.92 Å². The maximum absolute atomic E-state index is 12.3. The summed E-state index contributed by atoms with van der Waals surface area (Å²) in [6, 6.07) is 7.90. The second-order valence-electron chi connectivity index (χ2n) is 7.50. The minimum atomic E-state index is -0.259. The fraction of sp³-hybridized carbons (Fsp3) is 0.600. The number of amides is 1. The van der Waals surface area contributed by atoms with Crippen molar-refractivity contribution >= 4 is 11.6 Å². The molecule has 0 aromatic heterocycles. The second-order valence-corrected chi connectivity index (χ2v) is 7.50. The van der Waals surface area contributed by atoms with E-state index in [1.807, 2.05) is 29.2 Å². The van der Waals surface area contributed by atoms with Gasteiger partial charge in [-0.1, -0.05) is 31.1 Å². The molecule has 1 aromatic rings. The van der Waals surface area contributed by atoms with Crippen LogP contribution < -0.4 is 4.74 Å². The fourth-order valence-electron chi connectivity index (χ4n) is 3.55. The number of hydrogen-bond acceptors (Lipinski definition) is 4. The van der Waals surface area contributed by atoms with Crippen LogP contribution in [0.4, 0.5) is 0 Å². The number of rotatable bonds is 5. The number of ether oxygens (including phenoxy) is 1. The van der Waals surface area contributed by atoms with Gasteiger partial charge in [0.15, 0.2) is 0 Å². The van der Waals surface area contributed by atoms with Gasteiger partial charge in [0, 0.05) is 44.3 Å². The summed E-state index contributed by atoms with van der Waals surface area (Å²) in [7, 11) is 1.67. The number of carbonyl (C=O) groups is 1. The average Bonchev–Trinajstić information content (AvgIpc) is 3.03. The average molecular weight is 344 g/mol. The van der Waals surface area contributed by atoms with Crippen molar-refractivity contribution in [2.45, 2.75) is 51.6 Å². The van der Waals surface area contributed by atoms with Crippen molar-refractivity contribution in [2.24, 2.45) is 11.1 Å². The van der Waals surface area contributed by atoms with Crippen LogP contribution in [0.25, 0.3) is 0 Å². The minimum Gasteiger partial charge on any atom is -0.496 e. The minimum absolute atomic E-state index is 0.259. The molecule has 1 aromatic carbocycles. The summed E-state index contributed by atoms with van der Waals surface area (Å²) in [5, 5.41) is 4.35. The largest absolute Gasteiger partial charge is 0.496 e. The lowest BCUT2D eigenvalue weighted by atomic mass is 9.85. The Hall–Kier alpha value is -2.04. The monoisotopic (exact) mass is 344 g/mol. The Kier molecular flexibility index (Phi) is 5.30. The summed E-state index contributed by atoms with van der Waals surface area (Å²) in [6.45, 7) is 5.82. The zero-order valence-electron chi connectivity index (χ0n) is 15.5. The maximum Gasteiger partial charge on any atom is 0.222 e. The number of hydrogen-bond donors (Lipinski definition) is 0. The molecule has 0 radical (unpaired) electrons. The van der Waals surface area contributed by atoms with Gasteiger partial charge in [-0.3, -0.25) is 4.79 Å². The van der Waals surface area contributed by atoms with Crippen LogP contribution in [0.1, 0.15) is 51.5 Å². The van der Waals surface area contributed by atoms with Crippen LogP contribution in [0.15, 0.2) is 29.4 Å². The molecule has 136 valence electrons. The number of likely N-dealkylation sites (tertiary alicyclic amines) is 1. The highest BCUT2D eigenvalue weighted by Gasteiger charge is 2.43. The molecule has 1 amide bonds. The highest BCUT2D eigenvalue weighted by atomic mass is 16.7. The molecule has 25 heavy (non-hydrogen) atoms. The van der Waals surface area contributed by atoms with Gasteiger partial charge in [-0.25, -0.2) is 0 Å². The van der Waals surface area contributed by atoms with E-state index < -0.39 is 0 Å². The van der Waals surface area contributed by atoms with Gasteiger partial charge in [-0.15, -0.1) is 0 Å². The van der Waals surface area contributed by atoms with Crippen molar-refractivity contribution in [1.29, 1.82) is 0 Å². The Morgan fingerprint density at radius 3 is 2.72 bits per heavy atom. The van der Waals surface area contributed by atoms with E-state index in [9.17, 15) is 4.79 Å². The molecular formula is C20H28N2O3. The van der Waals surface area contributed by atoms with E-state index in [1.54, 1.807) is 7.11 Å². The van der Waals surface area contributed by atoms with Gasteiger partial charge in [0.1, 0.15) is 11.4 Å². The van der Waals surface area contributed by atoms with E-state index in [4.69, 9.17) is 9.57 Å². The van der Waals surface area contributed by atoms with Gasteiger partial charge in [-0.2, -0.15) is 0 Å². The van der Waals surface area contributed by atoms with Crippen LogP contribution in [-0.2, 0) is 9.63 Å². The molecule has 0 saturated carbocycles.